The summed E-state index contributed by atoms with van der Waals surface area (Å²) in [5, 5.41) is 11.1. The van der Waals surface area contributed by atoms with Gasteiger partial charge in [0.05, 0.1) is 23.6 Å². The minimum Gasteiger partial charge on any atom is -0.504 e. The van der Waals surface area contributed by atoms with Crippen molar-refractivity contribution in [1.29, 1.82) is 0 Å². The molecule has 0 spiro atoms. The Morgan fingerprint density at radius 2 is 1.67 bits per heavy atom. The van der Waals surface area contributed by atoms with Gasteiger partial charge >= 0.3 is 0 Å². The molecular weight excluding hydrogens is 347 g/mol. The molecule has 6 heteroatoms. The largest absolute Gasteiger partial charge is 0.504 e. The average molecular weight is 362 g/mol. The van der Waals surface area contributed by atoms with E-state index in [0.29, 0.717) is 39.7 Å². The number of methoxy groups -OCH3 is 1. The van der Waals surface area contributed by atoms with Crippen LogP contribution in [0.1, 0.15) is 0 Å². The van der Waals surface area contributed by atoms with Gasteiger partial charge in [0.2, 0.25) is 5.88 Å². The highest BCUT2D eigenvalue weighted by atomic mass is 19.1. The fraction of sp³-hybridized carbons (Fsp3) is 0.0476. The minimum atomic E-state index is -0.350. The van der Waals surface area contributed by atoms with Crippen molar-refractivity contribution in [2.75, 3.05) is 7.11 Å². The highest BCUT2D eigenvalue weighted by Gasteiger charge is 2.16. The Labute approximate surface area is 154 Å². The first-order valence-electron chi connectivity index (χ1n) is 8.22. The van der Waals surface area contributed by atoms with E-state index in [2.05, 4.69) is 9.97 Å². The lowest BCUT2D eigenvalue weighted by atomic mass is 10.1. The molecule has 0 aliphatic heterocycles. The smallest absolute Gasteiger partial charge is 0.230 e. The predicted octanol–water partition coefficient (Wildman–Crippen LogP) is 4.94. The summed E-state index contributed by atoms with van der Waals surface area (Å²) in [6, 6.07) is 18.1. The van der Waals surface area contributed by atoms with Gasteiger partial charge in [-0.3, -0.25) is 0 Å². The van der Waals surface area contributed by atoms with E-state index in [4.69, 9.17) is 9.47 Å². The van der Waals surface area contributed by atoms with E-state index in [9.17, 15) is 9.50 Å². The fourth-order valence-electron chi connectivity index (χ4n) is 2.73. The summed E-state index contributed by atoms with van der Waals surface area (Å²) in [4.78, 5) is 9.01. The maximum atomic E-state index is 13.2. The van der Waals surface area contributed by atoms with E-state index in [1.165, 1.54) is 31.4 Å². The first-order valence-corrected chi connectivity index (χ1v) is 8.22. The van der Waals surface area contributed by atoms with E-state index >= 15 is 0 Å². The predicted molar refractivity (Wildman–Crippen MR) is 99.7 cm³/mol. The number of para-hydroxylation sites is 2. The van der Waals surface area contributed by atoms with Crippen LogP contribution in [-0.2, 0) is 0 Å². The molecule has 0 aliphatic carbocycles. The fourth-order valence-corrected chi connectivity index (χ4v) is 2.73. The van der Waals surface area contributed by atoms with Gasteiger partial charge in [0.1, 0.15) is 11.6 Å². The summed E-state index contributed by atoms with van der Waals surface area (Å²) in [5.41, 5.74) is 1.07. The van der Waals surface area contributed by atoms with Crippen LogP contribution < -0.4 is 9.47 Å². The number of hydrogen-bond donors (Lipinski definition) is 1. The molecule has 0 saturated carbocycles. The van der Waals surface area contributed by atoms with Crippen LogP contribution in [0.2, 0.25) is 0 Å². The molecule has 0 fully saturated rings. The van der Waals surface area contributed by atoms with Gasteiger partial charge < -0.3 is 14.6 Å². The number of benzene rings is 3. The number of rotatable bonds is 4. The van der Waals surface area contributed by atoms with Crippen molar-refractivity contribution in [1.82, 2.24) is 9.97 Å². The third-order valence-corrected chi connectivity index (χ3v) is 4.06. The van der Waals surface area contributed by atoms with Crippen LogP contribution in [0.4, 0.5) is 4.39 Å². The maximum Gasteiger partial charge on any atom is 0.230 e. The molecule has 3 aromatic carbocycles. The third-order valence-electron chi connectivity index (χ3n) is 4.06. The first kappa shape index (κ1) is 16.8. The minimum absolute atomic E-state index is 0.0528. The van der Waals surface area contributed by atoms with E-state index in [-0.39, 0.29) is 11.6 Å². The van der Waals surface area contributed by atoms with E-state index in [1.807, 2.05) is 24.3 Å². The van der Waals surface area contributed by atoms with E-state index in [1.54, 1.807) is 18.2 Å². The molecule has 0 aliphatic rings. The topological polar surface area (TPSA) is 64.5 Å². The number of phenolic OH excluding ortho intramolecular Hbond substituents is 1. The highest BCUT2D eigenvalue weighted by Crippen LogP contribution is 2.37. The van der Waals surface area contributed by atoms with Crippen molar-refractivity contribution >= 4 is 10.9 Å². The Morgan fingerprint density at radius 1 is 0.889 bits per heavy atom. The van der Waals surface area contributed by atoms with Gasteiger partial charge in [-0.25, -0.2) is 9.37 Å². The summed E-state index contributed by atoms with van der Waals surface area (Å²) in [6.45, 7) is 0. The Kier molecular flexibility index (Phi) is 4.30. The number of phenols is 1. The molecule has 5 nitrogen and oxygen atoms in total. The SMILES string of the molecule is COc1cccc(-c2nc(Oc3ccc(F)cc3)c3ccccc3n2)c1O. The molecule has 1 N–H and O–H groups in total. The van der Waals surface area contributed by atoms with Gasteiger partial charge in [0.15, 0.2) is 17.3 Å². The summed E-state index contributed by atoms with van der Waals surface area (Å²) < 4.78 is 24.2. The number of hydrogen-bond acceptors (Lipinski definition) is 5. The zero-order valence-electron chi connectivity index (χ0n) is 14.4. The summed E-state index contributed by atoms with van der Waals surface area (Å²) in [5.74, 6) is 0.970. The Balaban J connectivity index is 1.87. The molecule has 0 unspecified atom stereocenters. The van der Waals surface area contributed by atoms with Crippen LogP contribution in [0, 0.1) is 5.82 Å². The molecule has 0 saturated heterocycles. The molecule has 0 atom stereocenters. The second kappa shape index (κ2) is 6.92. The molecule has 0 bridgehead atoms. The number of ether oxygens (including phenoxy) is 2. The zero-order chi connectivity index (χ0) is 18.8. The summed E-state index contributed by atoms with van der Waals surface area (Å²) in [7, 11) is 1.48. The Bertz CT molecular complexity index is 1110. The van der Waals surface area contributed by atoms with Gasteiger partial charge in [-0.05, 0) is 48.5 Å². The van der Waals surface area contributed by atoms with Gasteiger partial charge in [0.25, 0.3) is 0 Å². The first-order chi connectivity index (χ1) is 13.2. The van der Waals surface area contributed by atoms with Crippen molar-refractivity contribution in [3.05, 3.63) is 72.5 Å². The molecule has 4 rings (SSSR count). The Hall–Kier alpha value is -3.67. The van der Waals surface area contributed by atoms with Crippen molar-refractivity contribution in [3.63, 3.8) is 0 Å². The maximum absolute atomic E-state index is 13.2. The normalized spacial score (nSPS) is 10.7. The standard InChI is InChI=1S/C21H15FN2O3/c1-26-18-8-4-6-16(19(18)25)20-23-17-7-3-2-5-15(17)21(24-20)27-14-11-9-13(22)10-12-14/h2-12,25H,1H3. The van der Waals surface area contributed by atoms with E-state index in [0.717, 1.165) is 0 Å². The van der Waals surface area contributed by atoms with Crippen molar-refractivity contribution in [2.24, 2.45) is 0 Å². The summed E-state index contributed by atoms with van der Waals surface area (Å²) in [6.07, 6.45) is 0. The number of fused-ring (bicyclic) bond motifs is 1. The lowest BCUT2D eigenvalue weighted by Gasteiger charge is -2.12. The van der Waals surface area contributed by atoms with Crippen molar-refractivity contribution < 1.29 is 19.0 Å². The molecule has 0 amide bonds. The van der Waals surface area contributed by atoms with Crippen molar-refractivity contribution in [2.45, 2.75) is 0 Å². The van der Waals surface area contributed by atoms with Crippen LogP contribution in [0.5, 0.6) is 23.1 Å². The highest BCUT2D eigenvalue weighted by molar-refractivity contribution is 5.86. The van der Waals surface area contributed by atoms with Crippen LogP contribution in [0.3, 0.4) is 0 Å². The van der Waals surface area contributed by atoms with Crippen molar-refractivity contribution in [3.8, 4) is 34.5 Å². The lowest BCUT2D eigenvalue weighted by molar-refractivity contribution is 0.374. The monoisotopic (exact) mass is 362 g/mol. The molecule has 1 aromatic heterocycles. The summed E-state index contributed by atoms with van der Waals surface area (Å²) >= 11 is 0. The molecular formula is C21H15FN2O3. The zero-order valence-corrected chi connectivity index (χ0v) is 14.4. The lowest BCUT2D eigenvalue weighted by Crippen LogP contribution is -1.97. The average Bonchev–Trinajstić information content (AvgIpc) is 2.70. The number of aromatic hydroxyl groups is 1. The number of nitrogens with zero attached hydrogens (tertiary/aromatic N) is 2. The van der Waals surface area contributed by atoms with Crippen LogP contribution >= 0.6 is 0 Å². The second-order valence-electron chi connectivity index (χ2n) is 5.78. The van der Waals surface area contributed by atoms with Gasteiger partial charge in [-0.1, -0.05) is 18.2 Å². The van der Waals surface area contributed by atoms with E-state index < -0.39 is 0 Å². The number of aromatic nitrogens is 2. The number of halogens is 1. The molecule has 134 valence electrons. The van der Waals surface area contributed by atoms with Gasteiger partial charge in [-0.2, -0.15) is 4.98 Å². The Morgan fingerprint density at radius 3 is 2.44 bits per heavy atom. The molecule has 4 aromatic rings. The van der Waals surface area contributed by atoms with Crippen LogP contribution in [0.15, 0.2) is 66.7 Å². The van der Waals surface area contributed by atoms with Gasteiger partial charge in [-0.15, -0.1) is 0 Å². The molecule has 1 heterocycles. The van der Waals surface area contributed by atoms with Gasteiger partial charge in [0, 0.05) is 0 Å². The third kappa shape index (κ3) is 3.25. The molecule has 27 heavy (non-hydrogen) atoms. The van der Waals surface area contributed by atoms with Crippen LogP contribution in [0.25, 0.3) is 22.3 Å². The second-order valence-corrected chi connectivity index (χ2v) is 5.78. The van der Waals surface area contributed by atoms with Crippen LogP contribution in [-0.4, -0.2) is 22.2 Å². The molecule has 0 radical (unpaired) electrons. The quantitative estimate of drug-likeness (QED) is 0.557.